The van der Waals surface area contributed by atoms with Crippen molar-refractivity contribution in [2.75, 3.05) is 24.5 Å². The van der Waals surface area contributed by atoms with Crippen LogP contribution in [0.4, 0.5) is 10.5 Å². The number of carbonyl (C=O) groups excluding carboxylic acids is 2. The molecule has 112 valence electrons. The van der Waals surface area contributed by atoms with Gasteiger partial charge in [-0.25, -0.2) is 9.69 Å². The maximum atomic E-state index is 11.9. The van der Waals surface area contributed by atoms with E-state index >= 15 is 0 Å². The molecular formula is C16H20N2O3. The lowest BCUT2D eigenvalue weighted by molar-refractivity contribution is -0.123. The minimum atomic E-state index is -0.603. The fourth-order valence-corrected chi connectivity index (χ4v) is 2.29. The standard InChI is InChI=1S/C16H20N2O3/c1-4-17(5-2)13-9-7-12(8-10-13)11-14-15(19)18(6-3)16(20)21-14/h7-11H,4-6H2,1-3H3. The molecule has 1 saturated heterocycles. The fourth-order valence-electron chi connectivity index (χ4n) is 2.29. The molecule has 5 nitrogen and oxygen atoms in total. The van der Waals surface area contributed by atoms with Crippen molar-refractivity contribution >= 4 is 23.8 Å². The summed E-state index contributed by atoms with van der Waals surface area (Å²) in [5.41, 5.74) is 1.96. The number of anilines is 1. The third-order valence-electron chi connectivity index (χ3n) is 3.51. The zero-order valence-electron chi connectivity index (χ0n) is 12.6. The predicted octanol–water partition coefficient (Wildman–Crippen LogP) is 2.87. The lowest BCUT2D eigenvalue weighted by Gasteiger charge is -2.20. The number of likely N-dealkylation sites (N-methyl/N-ethyl adjacent to an activating group) is 1. The minimum absolute atomic E-state index is 0.0810. The second kappa shape index (κ2) is 6.43. The number of carbonyl (C=O) groups is 2. The fraction of sp³-hybridized carbons (Fsp3) is 0.375. The third-order valence-corrected chi connectivity index (χ3v) is 3.51. The average Bonchev–Trinajstić information content (AvgIpc) is 2.76. The Kier molecular flexibility index (Phi) is 4.62. The normalized spacial score (nSPS) is 16.5. The molecule has 0 spiro atoms. The Bertz CT molecular complexity index is 559. The highest BCUT2D eigenvalue weighted by Gasteiger charge is 2.34. The van der Waals surface area contributed by atoms with Crippen LogP contribution in [0.15, 0.2) is 30.0 Å². The molecule has 0 unspecified atom stereocenters. The third kappa shape index (κ3) is 3.07. The van der Waals surface area contributed by atoms with Crippen molar-refractivity contribution in [1.29, 1.82) is 0 Å². The molecule has 0 atom stereocenters. The zero-order valence-corrected chi connectivity index (χ0v) is 12.6. The van der Waals surface area contributed by atoms with Crippen molar-refractivity contribution in [2.24, 2.45) is 0 Å². The number of rotatable bonds is 5. The molecule has 5 heteroatoms. The van der Waals surface area contributed by atoms with Gasteiger partial charge in [-0.3, -0.25) is 4.79 Å². The summed E-state index contributed by atoms with van der Waals surface area (Å²) < 4.78 is 4.99. The molecule has 0 radical (unpaired) electrons. The summed E-state index contributed by atoms with van der Waals surface area (Å²) in [7, 11) is 0. The predicted molar refractivity (Wildman–Crippen MR) is 81.8 cm³/mol. The lowest BCUT2D eigenvalue weighted by atomic mass is 10.1. The van der Waals surface area contributed by atoms with E-state index in [0.717, 1.165) is 29.2 Å². The number of amides is 2. The highest BCUT2D eigenvalue weighted by Crippen LogP contribution is 2.21. The largest absolute Gasteiger partial charge is 0.422 e. The number of imide groups is 1. The maximum Gasteiger partial charge on any atom is 0.422 e. The number of nitrogens with zero attached hydrogens (tertiary/aromatic N) is 2. The highest BCUT2D eigenvalue weighted by atomic mass is 16.6. The van der Waals surface area contributed by atoms with E-state index < -0.39 is 6.09 Å². The molecule has 2 amide bonds. The van der Waals surface area contributed by atoms with Crippen LogP contribution < -0.4 is 4.90 Å². The summed E-state index contributed by atoms with van der Waals surface area (Å²) in [5.74, 6) is -0.298. The van der Waals surface area contributed by atoms with E-state index in [2.05, 4.69) is 18.7 Å². The van der Waals surface area contributed by atoms with Crippen LogP contribution in [-0.2, 0) is 9.53 Å². The van der Waals surface area contributed by atoms with Gasteiger partial charge in [0.15, 0.2) is 5.76 Å². The summed E-state index contributed by atoms with van der Waals surface area (Å²) in [5, 5.41) is 0. The lowest BCUT2D eigenvalue weighted by Crippen LogP contribution is -2.28. The summed E-state index contributed by atoms with van der Waals surface area (Å²) in [4.78, 5) is 26.7. The second-order valence-corrected chi connectivity index (χ2v) is 4.69. The van der Waals surface area contributed by atoms with Gasteiger partial charge in [-0.1, -0.05) is 12.1 Å². The van der Waals surface area contributed by atoms with E-state index in [1.807, 2.05) is 24.3 Å². The van der Waals surface area contributed by atoms with Crippen LogP contribution in [0.1, 0.15) is 26.3 Å². The van der Waals surface area contributed by atoms with Gasteiger partial charge in [-0.2, -0.15) is 0 Å². The van der Waals surface area contributed by atoms with Crippen LogP contribution in [0.3, 0.4) is 0 Å². The van der Waals surface area contributed by atoms with E-state index in [4.69, 9.17) is 4.74 Å². The monoisotopic (exact) mass is 288 g/mol. The Balaban J connectivity index is 2.19. The van der Waals surface area contributed by atoms with E-state index in [1.54, 1.807) is 13.0 Å². The molecule has 0 saturated carbocycles. The first-order chi connectivity index (χ1) is 10.1. The molecule has 0 N–H and O–H groups in total. The molecule has 1 heterocycles. The summed E-state index contributed by atoms with van der Waals surface area (Å²) in [6, 6.07) is 7.82. The van der Waals surface area contributed by atoms with Crippen LogP contribution in [0.25, 0.3) is 6.08 Å². The minimum Gasteiger partial charge on any atom is -0.404 e. The van der Waals surface area contributed by atoms with Gasteiger partial charge in [0.05, 0.1) is 0 Å². The average molecular weight is 288 g/mol. The molecule has 0 aromatic heterocycles. The van der Waals surface area contributed by atoms with Gasteiger partial charge in [0.2, 0.25) is 0 Å². The van der Waals surface area contributed by atoms with Crippen molar-refractivity contribution in [3.8, 4) is 0 Å². The van der Waals surface area contributed by atoms with Crippen molar-refractivity contribution in [2.45, 2.75) is 20.8 Å². The molecule has 0 bridgehead atoms. The number of hydrogen-bond acceptors (Lipinski definition) is 4. The summed E-state index contributed by atoms with van der Waals surface area (Å²) >= 11 is 0. The number of benzene rings is 1. The summed E-state index contributed by atoms with van der Waals surface area (Å²) in [6.07, 6.45) is 0.996. The van der Waals surface area contributed by atoms with Crippen LogP contribution in [0.5, 0.6) is 0 Å². The smallest absolute Gasteiger partial charge is 0.404 e. The van der Waals surface area contributed by atoms with Gasteiger partial charge in [0, 0.05) is 25.3 Å². The van der Waals surface area contributed by atoms with Crippen molar-refractivity contribution < 1.29 is 14.3 Å². The molecule has 21 heavy (non-hydrogen) atoms. The van der Waals surface area contributed by atoms with Gasteiger partial charge < -0.3 is 9.64 Å². The first kappa shape index (κ1) is 15.1. The molecule has 1 aliphatic heterocycles. The van der Waals surface area contributed by atoms with Crippen LogP contribution >= 0.6 is 0 Å². The molecule has 1 fully saturated rings. The Hall–Kier alpha value is -2.30. The van der Waals surface area contributed by atoms with E-state index in [9.17, 15) is 9.59 Å². The molecule has 1 aromatic rings. The second-order valence-electron chi connectivity index (χ2n) is 4.69. The molecule has 2 rings (SSSR count). The quantitative estimate of drug-likeness (QED) is 0.782. The number of cyclic esters (lactones) is 1. The van der Waals surface area contributed by atoms with E-state index in [-0.39, 0.29) is 11.7 Å². The molecule has 0 aliphatic carbocycles. The van der Waals surface area contributed by atoms with Crippen LogP contribution in [0.2, 0.25) is 0 Å². The topological polar surface area (TPSA) is 49.9 Å². The van der Waals surface area contributed by atoms with Gasteiger partial charge in [-0.15, -0.1) is 0 Å². The van der Waals surface area contributed by atoms with Crippen molar-refractivity contribution in [3.05, 3.63) is 35.6 Å². The van der Waals surface area contributed by atoms with Gasteiger partial charge in [0.25, 0.3) is 5.91 Å². The van der Waals surface area contributed by atoms with Crippen LogP contribution in [0, 0.1) is 0 Å². The van der Waals surface area contributed by atoms with Gasteiger partial charge >= 0.3 is 6.09 Å². The van der Waals surface area contributed by atoms with E-state index in [1.165, 1.54) is 0 Å². The van der Waals surface area contributed by atoms with Gasteiger partial charge in [0.1, 0.15) is 0 Å². The SMILES string of the molecule is CCN1C(=O)OC(=Cc2ccc(N(CC)CC)cc2)C1=O. The van der Waals surface area contributed by atoms with Crippen LogP contribution in [-0.4, -0.2) is 36.5 Å². The Morgan fingerprint density at radius 2 is 1.71 bits per heavy atom. The Labute approximate surface area is 124 Å². The first-order valence-electron chi connectivity index (χ1n) is 7.21. The maximum absolute atomic E-state index is 11.9. The molecule has 1 aliphatic rings. The van der Waals surface area contributed by atoms with Crippen molar-refractivity contribution in [3.63, 3.8) is 0 Å². The number of hydrogen-bond donors (Lipinski definition) is 0. The van der Waals surface area contributed by atoms with E-state index in [0.29, 0.717) is 6.54 Å². The Morgan fingerprint density at radius 3 is 2.19 bits per heavy atom. The first-order valence-corrected chi connectivity index (χ1v) is 7.21. The molecular weight excluding hydrogens is 268 g/mol. The number of ether oxygens (including phenoxy) is 1. The molecule has 1 aromatic carbocycles. The zero-order chi connectivity index (χ0) is 15.4. The van der Waals surface area contributed by atoms with Gasteiger partial charge in [-0.05, 0) is 44.5 Å². The summed E-state index contributed by atoms with van der Waals surface area (Å²) in [6.45, 7) is 8.15. The van der Waals surface area contributed by atoms with Crippen molar-refractivity contribution in [1.82, 2.24) is 4.90 Å². The Morgan fingerprint density at radius 1 is 1.10 bits per heavy atom. The highest BCUT2D eigenvalue weighted by molar-refractivity contribution is 6.09.